The van der Waals surface area contributed by atoms with Crippen LogP contribution in [0.3, 0.4) is 0 Å². The van der Waals surface area contributed by atoms with Crippen LogP contribution in [0.2, 0.25) is 0 Å². The molecule has 5 amide bonds. The van der Waals surface area contributed by atoms with Crippen LogP contribution in [0.15, 0.2) is 38.0 Å². The second-order valence-electron chi connectivity index (χ2n) is 3.57. The first-order chi connectivity index (χ1) is 8.99. The standard InChI is InChI=1S/C13H19N3O3/c1-5-8-14-12(18)16(10-7-3)13(19)15(9-6-2)11(4)17/h5-7H,1-3,8-10H2,4H3,(H,14,18). The number of carbonyl (C=O) groups is 3. The van der Waals surface area contributed by atoms with E-state index in [0.717, 1.165) is 9.80 Å². The quantitative estimate of drug-likeness (QED) is 0.740. The summed E-state index contributed by atoms with van der Waals surface area (Å²) in [5.41, 5.74) is 0. The summed E-state index contributed by atoms with van der Waals surface area (Å²) in [5, 5.41) is 2.47. The second-order valence-corrected chi connectivity index (χ2v) is 3.57. The van der Waals surface area contributed by atoms with Crippen molar-refractivity contribution >= 4 is 18.0 Å². The van der Waals surface area contributed by atoms with Crippen molar-refractivity contribution in [3.8, 4) is 0 Å². The average molecular weight is 265 g/mol. The topological polar surface area (TPSA) is 69.7 Å². The first kappa shape index (κ1) is 16.6. The predicted molar refractivity (Wildman–Crippen MR) is 73.5 cm³/mol. The highest BCUT2D eigenvalue weighted by Gasteiger charge is 2.26. The SMILES string of the molecule is C=CCNC(=O)N(CC=C)C(=O)N(CC=C)C(C)=O. The van der Waals surface area contributed by atoms with Gasteiger partial charge in [0, 0.05) is 20.0 Å². The monoisotopic (exact) mass is 265 g/mol. The number of hydrogen-bond donors (Lipinski definition) is 1. The molecule has 0 saturated heterocycles. The lowest BCUT2D eigenvalue weighted by atomic mass is 10.4. The zero-order valence-electron chi connectivity index (χ0n) is 11.1. The number of rotatable bonds is 6. The molecule has 0 spiro atoms. The smallest absolute Gasteiger partial charge is 0.334 e. The third kappa shape index (κ3) is 5.20. The molecular weight excluding hydrogens is 246 g/mol. The summed E-state index contributed by atoms with van der Waals surface area (Å²) in [6, 6.07) is -1.33. The number of imide groups is 2. The van der Waals surface area contributed by atoms with Crippen molar-refractivity contribution in [1.82, 2.24) is 15.1 Å². The van der Waals surface area contributed by atoms with E-state index in [2.05, 4.69) is 25.1 Å². The van der Waals surface area contributed by atoms with Gasteiger partial charge < -0.3 is 5.32 Å². The lowest BCUT2D eigenvalue weighted by Gasteiger charge is -2.25. The fourth-order valence-corrected chi connectivity index (χ4v) is 1.25. The molecule has 0 fully saturated rings. The lowest BCUT2D eigenvalue weighted by molar-refractivity contribution is -0.125. The van der Waals surface area contributed by atoms with Crippen molar-refractivity contribution in [3.63, 3.8) is 0 Å². The molecule has 6 heteroatoms. The van der Waals surface area contributed by atoms with Crippen molar-refractivity contribution in [2.45, 2.75) is 6.92 Å². The van der Waals surface area contributed by atoms with Crippen LogP contribution >= 0.6 is 0 Å². The Labute approximate surface area is 113 Å². The van der Waals surface area contributed by atoms with Gasteiger partial charge in [-0.1, -0.05) is 18.2 Å². The van der Waals surface area contributed by atoms with Crippen LogP contribution in [0.1, 0.15) is 6.92 Å². The Morgan fingerprint density at radius 1 is 1.00 bits per heavy atom. The predicted octanol–water partition coefficient (Wildman–Crippen LogP) is 1.52. The molecule has 0 bridgehead atoms. The zero-order valence-corrected chi connectivity index (χ0v) is 11.1. The van der Waals surface area contributed by atoms with E-state index in [1.54, 1.807) is 0 Å². The van der Waals surface area contributed by atoms with Crippen LogP contribution in [0.4, 0.5) is 9.59 Å². The van der Waals surface area contributed by atoms with E-state index >= 15 is 0 Å². The van der Waals surface area contributed by atoms with E-state index in [-0.39, 0.29) is 19.6 Å². The van der Waals surface area contributed by atoms with E-state index in [4.69, 9.17) is 0 Å². The van der Waals surface area contributed by atoms with Gasteiger partial charge in [0.2, 0.25) is 5.91 Å². The molecule has 0 atom stereocenters. The van der Waals surface area contributed by atoms with Gasteiger partial charge in [-0.3, -0.25) is 9.69 Å². The maximum Gasteiger partial charge on any atom is 0.335 e. The summed E-state index contributed by atoms with van der Waals surface area (Å²) in [4.78, 5) is 37.1. The number of nitrogens with zero attached hydrogens (tertiary/aromatic N) is 2. The Balaban J connectivity index is 5.02. The first-order valence-corrected chi connectivity index (χ1v) is 5.69. The average Bonchev–Trinajstić information content (AvgIpc) is 2.38. The van der Waals surface area contributed by atoms with Crippen molar-refractivity contribution in [3.05, 3.63) is 38.0 Å². The minimum Gasteiger partial charge on any atom is -0.334 e. The van der Waals surface area contributed by atoms with Crippen molar-refractivity contribution in [2.75, 3.05) is 19.6 Å². The first-order valence-electron chi connectivity index (χ1n) is 5.69. The third-order valence-corrected chi connectivity index (χ3v) is 2.11. The molecule has 1 N–H and O–H groups in total. The maximum absolute atomic E-state index is 12.1. The minimum atomic E-state index is -0.714. The summed E-state index contributed by atoms with van der Waals surface area (Å²) >= 11 is 0. The number of nitrogens with one attached hydrogen (secondary N) is 1. The van der Waals surface area contributed by atoms with E-state index < -0.39 is 18.0 Å². The largest absolute Gasteiger partial charge is 0.335 e. The highest BCUT2D eigenvalue weighted by molar-refractivity contribution is 6.01. The Bertz CT molecular complexity index is 391. The molecular formula is C13H19N3O3. The van der Waals surface area contributed by atoms with E-state index in [1.807, 2.05) is 0 Å². The molecule has 0 radical (unpaired) electrons. The van der Waals surface area contributed by atoms with Gasteiger partial charge in [0.25, 0.3) is 0 Å². The molecule has 0 aliphatic rings. The molecule has 19 heavy (non-hydrogen) atoms. The Morgan fingerprint density at radius 2 is 1.53 bits per heavy atom. The van der Waals surface area contributed by atoms with Gasteiger partial charge in [-0.05, 0) is 0 Å². The molecule has 0 aromatic carbocycles. The van der Waals surface area contributed by atoms with Crippen LogP contribution in [-0.2, 0) is 4.79 Å². The van der Waals surface area contributed by atoms with Crippen molar-refractivity contribution < 1.29 is 14.4 Å². The minimum absolute atomic E-state index is 0.00271. The van der Waals surface area contributed by atoms with E-state index in [0.29, 0.717) is 0 Å². The van der Waals surface area contributed by atoms with Crippen LogP contribution < -0.4 is 5.32 Å². The fraction of sp³-hybridized carbons (Fsp3) is 0.308. The molecule has 104 valence electrons. The Morgan fingerprint density at radius 3 is 1.95 bits per heavy atom. The van der Waals surface area contributed by atoms with Crippen LogP contribution in [0.25, 0.3) is 0 Å². The summed E-state index contributed by atoms with van der Waals surface area (Å²) in [6.07, 6.45) is 4.30. The molecule has 0 aliphatic carbocycles. The second kappa shape index (κ2) is 8.68. The van der Waals surface area contributed by atoms with Gasteiger partial charge >= 0.3 is 12.1 Å². The van der Waals surface area contributed by atoms with Gasteiger partial charge in [0.15, 0.2) is 0 Å². The van der Waals surface area contributed by atoms with Gasteiger partial charge in [0.05, 0.1) is 6.54 Å². The van der Waals surface area contributed by atoms with Gasteiger partial charge in [-0.15, -0.1) is 19.7 Å². The summed E-state index contributed by atoms with van der Waals surface area (Å²) in [5.74, 6) is -0.463. The summed E-state index contributed by atoms with van der Waals surface area (Å²) < 4.78 is 0. The van der Waals surface area contributed by atoms with Gasteiger partial charge in [0.1, 0.15) is 0 Å². The molecule has 0 saturated carbocycles. The number of amides is 5. The summed E-state index contributed by atoms with van der Waals surface area (Å²) in [7, 11) is 0. The van der Waals surface area contributed by atoms with Crippen LogP contribution in [0.5, 0.6) is 0 Å². The Kier molecular flexibility index (Phi) is 7.60. The van der Waals surface area contributed by atoms with Crippen LogP contribution in [0, 0.1) is 0 Å². The molecule has 0 rings (SSSR count). The summed E-state index contributed by atoms with van der Waals surface area (Å²) in [6.45, 7) is 11.9. The van der Waals surface area contributed by atoms with Gasteiger partial charge in [-0.2, -0.15) is 0 Å². The van der Waals surface area contributed by atoms with Gasteiger partial charge in [-0.25, -0.2) is 14.5 Å². The number of hydrogen-bond acceptors (Lipinski definition) is 3. The maximum atomic E-state index is 12.1. The lowest BCUT2D eigenvalue weighted by Crippen LogP contribution is -2.51. The number of urea groups is 2. The molecule has 0 aliphatic heterocycles. The van der Waals surface area contributed by atoms with E-state index in [9.17, 15) is 14.4 Å². The molecule has 0 aromatic rings. The van der Waals surface area contributed by atoms with E-state index in [1.165, 1.54) is 25.2 Å². The molecule has 0 aromatic heterocycles. The normalized spacial score (nSPS) is 9.11. The zero-order chi connectivity index (χ0) is 14.8. The Hall–Kier alpha value is -2.37. The highest BCUT2D eigenvalue weighted by atomic mass is 16.2. The third-order valence-electron chi connectivity index (χ3n) is 2.11. The molecule has 6 nitrogen and oxygen atoms in total. The van der Waals surface area contributed by atoms with Crippen molar-refractivity contribution in [1.29, 1.82) is 0 Å². The molecule has 0 heterocycles. The fourth-order valence-electron chi connectivity index (χ4n) is 1.25. The highest BCUT2D eigenvalue weighted by Crippen LogP contribution is 2.02. The molecule has 0 unspecified atom stereocenters. The van der Waals surface area contributed by atoms with Crippen molar-refractivity contribution in [2.24, 2.45) is 0 Å². The van der Waals surface area contributed by atoms with Crippen LogP contribution in [-0.4, -0.2) is 47.4 Å². The number of carbonyl (C=O) groups excluding carboxylic acids is 3.